The van der Waals surface area contributed by atoms with Crippen molar-refractivity contribution in [2.24, 2.45) is 0 Å². The molecule has 0 aliphatic carbocycles. The third-order valence-electron chi connectivity index (χ3n) is 3.46. The number of hydrogen-bond donors (Lipinski definition) is 2. The van der Waals surface area contributed by atoms with Crippen LogP contribution >= 0.6 is 0 Å². The van der Waals surface area contributed by atoms with Gasteiger partial charge >= 0.3 is 0 Å². The quantitative estimate of drug-likeness (QED) is 0.724. The van der Waals surface area contributed by atoms with Gasteiger partial charge in [-0.1, -0.05) is 12.1 Å². The first-order valence-electron chi connectivity index (χ1n) is 7.16. The Labute approximate surface area is 134 Å². The van der Waals surface area contributed by atoms with Crippen LogP contribution in [0.25, 0.3) is 11.0 Å². The maximum absolute atomic E-state index is 12.2. The average molecular weight is 331 g/mol. The number of benzene rings is 2. The Morgan fingerprint density at radius 3 is 2.57 bits per heavy atom. The Morgan fingerprint density at radius 1 is 1.13 bits per heavy atom. The highest BCUT2D eigenvalue weighted by Gasteiger charge is 2.13. The van der Waals surface area contributed by atoms with E-state index >= 15 is 0 Å². The number of aromatic nitrogens is 2. The molecule has 0 aliphatic rings. The van der Waals surface area contributed by atoms with Gasteiger partial charge in [-0.25, -0.2) is 18.1 Å². The lowest BCUT2D eigenvalue weighted by atomic mass is 10.3. The van der Waals surface area contributed by atoms with Gasteiger partial charge in [0.25, 0.3) is 0 Å². The van der Waals surface area contributed by atoms with Crippen LogP contribution in [-0.4, -0.2) is 32.0 Å². The van der Waals surface area contributed by atoms with Gasteiger partial charge in [0.2, 0.25) is 10.0 Å². The van der Waals surface area contributed by atoms with Crippen LogP contribution < -0.4 is 9.46 Å². The van der Waals surface area contributed by atoms with Crippen LogP contribution in [0.4, 0.5) is 0 Å². The topological polar surface area (TPSA) is 84.1 Å². The number of hydrogen-bond acceptors (Lipinski definition) is 4. The summed E-state index contributed by atoms with van der Waals surface area (Å²) in [6.07, 6.45) is 0.490. The molecule has 1 heterocycles. The number of nitrogens with one attached hydrogen (secondary N) is 2. The van der Waals surface area contributed by atoms with Crippen molar-refractivity contribution < 1.29 is 13.2 Å². The Morgan fingerprint density at radius 2 is 1.87 bits per heavy atom. The van der Waals surface area contributed by atoms with Gasteiger partial charge in [-0.15, -0.1) is 0 Å². The number of sulfonamides is 1. The summed E-state index contributed by atoms with van der Waals surface area (Å²) < 4.78 is 32.0. The minimum absolute atomic E-state index is 0.211. The van der Waals surface area contributed by atoms with Crippen molar-refractivity contribution in [2.45, 2.75) is 11.3 Å². The molecule has 23 heavy (non-hydrogen) atoms. The number of imidazole rings is 1. The molecule has 2 N–H and O–H groups in total. The second-order valence-electron chi connectivity index (χ2n) is 5.02. The highest BCUT2D eigenvalue weighted by molar-refractivity contribution is 7.89. The Balaban J connectivity index is 1.64. The van der Waals surface area contributed by atoms with Crippen LogP contribution in [0, 0.1) is 0 Å². The van der Waals surface area contributed by atoms with Gasteiger partial charge in [0.05, 0.1) is 23.0 Å². The average Bonchev–Trinajstić information content (AvgIpc) is 2.97. The van der Waals surface area contributed by atoms with Crippen molar-refractivity contribution >= 4 is 21.1 Å². The van der Waals surface area contributed by atoms with Crippen LogP contribution in [-0.2, 0) is 16.4 Å². The van der Waals surface area contributed by atoms with E-state index in [0.717, 1.165) is 16.9 Å². The summed E-state index contributed by atoms with van der Waals surface area (Å²) in [6, 6.07) is 14.0. The maximum atomic E-state index is 12.2. The molecule has 6 nitrogen and oxygen atoms in total. The van der Waals surface area contributed by atoms with E-state index < -0.39 is 10.0 Å². The number of aromatic amines is 1. The minimum atomic E-state index is -3.53. The Hall–Kier alpha value is -2.38. The first-order valence-corrected chi connectivity index (χ1v) is 8.64. The molecule has 0 aliphatic heterocycles. The van der Waals surface area contributed by atoms with Crippen molar-refractivity contribution in [2.75, 3.05) is 13.7 Å². The van der Waals surface area contributed by atoms with Gasteiger partial charge < -0.3 is 9.72 Å². The second-order valence-corrected chi connectivity index (χ2v) is 6.79. The van der Waals surface area contributed by atoms with Crippen LogP contribution in [0.2, 0.25) is 0 Å². The normalized spacial score (nSPS) is 11.7. The molecule has 0 radical (unpaired) electrons. The highest BCUT2D eigenvalue weighted by Crippen LogP contribution is 2.15. The first kappa shape index (κ1) is 15.5. The molecule has 3 rings (SSSR count). The number of para-hydroxylation sites is 2. The molecule has 0 spiro atoms. The lowest BCUT2D eigenvalue weighted by Gasteiger charge is -2.06. The predicted octanol–water partition coefficient (Wildman–Crippen LogP) is 2.09. The van der Waals surface area contributed by atoms with Crippen molar-refractivity contribution in [3.63, 3.8) is 0 Å². The lowest BCUT2D eigenvalue weighted by molar-refractivity contribution is 0.414. The summed E-state index contributed by atoms with van der Waals surface area (Å²) in [5.41, 5.74) is 1.82. The molecule has 1 aromatic heterocycles. The summed E-state index contributed by atoms with van der Waals surface area (Å²) in [5, 5.41) is 0. The van der Waals surface area contributed by atoms with Gasteiger partial charge in [-0.2, -0.15) is 0 Å². The predicted molar refractivity (Wildman–Crippen MR) is 88.0 cm³/mol. The molecule has 0 fully saturated rings. The van der Waals surface area contributed by atoms with E-state index in [0.29, 0.717) is 12.2 Å². The molecule has 3 aromatic rings. The van der Waals surface area contributed by atoms with E-state index in [9.17, 15) is 8.42 Å². The monoisotopic (exact) mass is 331 g/mol. The van der Waals surface area contributed by atoms with E-state index in [1.165, 1.54) is 19.2 Å². The molecular formula is C16H17N3O3S. The molecule has 2 aromatic carbocycles. The standard InChI is InChI=1S/C16H17N3O3S/c1-22-12-6-8-13(9-7-12)23(20,21)17-11-10-16-18-14-4-2-3-5-15(14)19-16/h2-9,17H,10-11H2,1H3,(H,18,19). The van der Waals surface area contributed by atoms with Crippen LogP contribution in [0.3, 0.4) is 0 Å². The van der Waals surface area contributed by atoms with E-state index in [2.05, 4.69) is 14.7 Å². The van der Waals surface area contributed by atoms with E-state index in [-0.39, 0.29) is 11.4 Å². The zero-order valence-corrected chi connectivity index (χ0v) is 13.4. The molecule has 0 atom stereocenters. The Bertz CT molecular complexity index is 869. The number of fused-ring (bicyclic) bond motifs is 1. The zero-order chi connectivity index (χ0) is 16.3. The van der Waals surface area contributed by atoms with Crippen molar-refractivity contribution in [1.29, 1.82) is 0 Å². The molecule has 0 unspecified atom stereocenters. The molecule has 0 saturated carbocycles. The minimum Gasteiger partial charge on any atom is -0.497 e. The lowest BCUT2D eigenvalue weighted by Crippen LogP contribution is -2.26. The smallest absolute Gasteiger partial charge is 0.240 e. The highest BCUT2D eigenvalue weighted by atomic mass is 32.2. The van der Waals surface area contributed by atoms with Crippen molar-refractivity contribution in [3.05, 3.63) is 54.4 Å². The van der Waals surface area contributed by atoms with Gasteiger partial charge in [-0.3, -0.25) is 0 Å². The fraction of sp³-hybridized carbons (Fsp3) is 0.188. The number of nitrogens with zero attached hydrogens (tertiary/aromatic N) is 1. The summed E-state index contributed by atoms with van der Waals surface area (Å²) in [6.45, 7) is 0.272. The zero-order valence-electron chi connectivity index (χ0n) is 12.6. The summed E-state index contributed by atoms with van der Waals surface area (Å²) >= 11 is 0. The van der Waals surface area contributed by atoms with Gasteiger partial charge in [0.1, 0.15) is 11.6 Å². The molecule has 7 heteroatoms. The summed E-state index contributed by atoms with van der Waals surface area (Å²) in [4.78, 5) is 7.81. The third-order valence-corrected chi connectivity index (χ3v) is 4.94. The number of methoxy groups -OCH3 is 1. The largest absolute Gasteiger partial charge is 0.497 e. The summed E-state index contributed by atoms with van der Waals surface area (Å²) in [5.74, 6) is 1.37. The molecule has 120 valence electrons. The van der Waals surface area contributed by atoms with E-state index in [1.807, 2.05) is 24.3 Å². The van der Waals surface area contributed by atoms with E-state index in [4.69, 9.17) is 4.74 Å². The summed E-state index contributed by atoms with van der Waals surface area (Å²) in [7, 11) is -2.00. The Kier molecular flexibility index (Phi) is 4.31. The molecule has 0 saturated heterocycles. The molecule has 0 bridgehead atoms. The number of rotatable bonds is 6. The van der Waals surface area contributed by atoms with Crippen LogP contribution in [0.15, 0.2) is 53.4 Å². The van der Waals surface area contributed by atoms with E-state index in [1.54, 1.807) is 12.1 Å². The number of H-pyrrole nitrogens is 1. The van der Waals surface area contributed by atoms with Gasteiger partial charge in [-0.05, 0) is 36.4 Å². The first-order chi connectivity index (χ1) is 11.1. The third kappa shape index (κ3) is 3.52. The number of ether oxygens (including phenoxy) is 1. The van der Waals surface area contributed by atoms with Gasteiger partial charge in [0, 0.05) is 13.0 Å². The van der Waals surface area contributed by atoms with Crippen LogP contribution in [0.1, 0.15) is 5.82 Å². The van der Waals surface area contributed by atoms with Crippen molar-refractivity contribution in [3.8, 4) is 5.75 Å². The second kappa shape index (κ2) is 6.39. The van der Waals surface area contributed by atoms with Crippen molar-refractivity contribution in [1.82, 2.24) is 14.7 Å². The fourth-order valence-electron chi connectivity index (χ4n) is 2.27. The fourth-order valence-corrected chi connectivity index (χ4v) is 3.30. The molecular weight excluding hydrogens is 314 g/mol. The SMILES string of the molecule is COc1ccc(S(=O)(=O)NCCc2nc3ccccc3[nH]2)cc1. The van der Waals surface area contributed by atoms with Gasteiger partial charge in [0.15, 0.2) is 0 Å². The maximum Gasteiger partial charge on any atom is 0.240 e. The van der Waals surface area contributed by atoms with Crippen LogP contribution in [0.5, 0.6) is 5.75 Å². The molecule has 0 amide bonds.